The van der Waals surface area contributed by atoms with E-state index in [2.05, 4.69) is 15.0 Å². The van der Waals surface area contributed by atoms with Gasteiger partial charge in [-0.05, 0) is 29.7 Å². The Bertz CT molecular complexity index is 1040. The molecule has 1 aromatic carbocycles. The molecule has 0 radical (unpaired) electrons. The smallest absolute Gasteiger partial charge is 0.238 e. The van der Waals surface area contributed by atoms with Crippen molar-refractivity contribution < 1.29 is 18.0 Å². The highest BCUT2D eigenvalue weighted by atomic mass is 32.2. The lowest BCUT2D eigenvalue weighted by molar-refractivity contribution is -0.132. The number of aromatic nitrogens is 1. The van der Waals surface area contributed by atoms with E-state index in [1.807, 2.05) is 30.3 Å². The second-order valence-corrected chi connectivity index (χ2v) is 8.92. The van der Waals surface area contributed by atoms with Crippen molar-refractivity contribution in [1.82, 2.24) is 14.6 Å². The lowest BCUT2D eigenvalue weighted by atomic mass is 9.73. The third-order valence-corrected chi connectivity index (χ3v) is 6.06. The molecule has 146 valence electrons. The number of fused-ring (bicyclic) bond motifs is 2. The van der Waals surface area contributed by atoms with Gasteiger partial charge in [0.25, 0.3) is 0 Å². The Morgan fingerprint density at radius 3 is 2.82 bits per heavy atom. The second-order valence-electron chi connectivity index (χ2n) is 7.09. The van der Waals surface area contributed by atoms with Crippen LogP contribution in [0.3, 0.4) is 0 Å². The molecule has 2 unspecified atom stereocenters. The molecule has 2 amide bonds. The number of anilines is 1. The average molecular weight is 400 g/mol. The maximum absolute atomic E-state index is 13.1. The number of nitrogens with zero attached hydrogens (tertiary/aromatic N) is 2. The monoisotopic (exact) mass is 400 g/mol. The van der Waals surface area contributed by atoms with Gasteiger partial charge >= 0.3 is 0 Å². The van der Waals surface area contributed by atoms with E-state index >= 15 is 0 Å². The summed E-state index contributed by atoms with van der Waals surface area (Å²) in [6, 6.07) is 10.5. The van der Waals surface area contributed by atoms with E-state index in [-0.39, 0.29) is 18.4 Å². The van der Waals surface area contributed by atoms with Crippen molar-refractivity contribution in [3.8, 4) is 0 Å². The summed E-state index contributed by atoms with van der Waals surface area (Å²) in [6.45, 7) is -0.0134. The number of para-hydroxylation sites is 1. The summed E-state index contributed by atoms with van der Waals surface area (Å²) in [7, 11) is -3.51. The summed E-state index contributed by atoms with van der Waals surface area (Å²) < 4.78 is 25.1. The molecule has 3 heterocycles. The minimum absolute atomic E-state index is 0.158. The number of nitrogens with one attached hydrogen (secondary N) is 2. The van der Waals surface area contributed by atoms with E-state index in [9.17, 15) is 18.0 Å². The number of sulfonamides is 1. The van der Waals surface area contributed by atoms with Crippen LogP contribution in [0.1, 0.15) is 23.6 Å². The molecule has 1 saturated heterocycles. The van der Waals surface area contributed by atoms with Crippen LogP contribution in [-0.4, -0.2) is 49.5 Å². The Kier molecular flexibility index (Phi) is 4.43. The zero-order valence-electron chi connectivity index (χ0n) is 15.3. The number of pyridine rings is 1. The highest BCUT2D eigenvalue weighted by molar-refractivity contribution is 7.88. The lowest BCUT2D eigenvalue weighted by Gasteiger charge is -2.34. The predicted octanol–water partition coefficient (Wildman–Crippen LogP) is 0.794. The molecule has 1 aromatic heterocycles. The number of amides is 2. The molecule has 1 spiro atoms. The molecule has 9 heteroatoms. The summed E-state index contributed by atoms with van der Waals surface area (Å²) in [5, 5.41) is 2.94. The van der Waals surface area contributed by atoms with Gasteiger partial charge in [-0.25, -0.2) is 13.1 Å². The fourth-order valence-corrected chi connectivity index (χ4v) is 4.64. The van der Waals surface area contributed by atoms with Crippen molar-refractivity contribution in [3.63, 3.8) is 0 Å². The van der Waals surface area contributed by atoms with Gasteiger partial charge in [0.1, 0.15) is 5.41 Å². The molecule has 2 N–H and O–H groups in total. The molecule has 2 aliphatic heterocycles. The van der Waals surface area contributed by atoms with E-state index in [1.54, 1.807) is 23.4 Å². The van der Waals surface area contributed by atoms with Crippen molar-refractivity contribution in [3.05, 3.63) is 59.9 Å². The molecule has 1 fully saturated rings. The number of benzene rings is 1. The van der Waals surface area contributed by atoms with Crippen LogP contribution in [0.2, 0.25) is 0 Å². The van der Waals surface area contributed by atoms with E-state index in [0.29, 0.717) is 13.0 Å². The van der Waals surface area contributed by atoms with Crippen LogP contribution < -0.4 is 10.0 Å². The molecule has 2 aliphatic rings. The van der Waals surface area contributed by atoms with Crippen LogP contribution in [-0.2, 0) is 25.0 Å². The van der Waals surface area contributed by atoms with Crippen molar-refractivity contribution in [2.45, 2.75) is 17.9 Å². The first-order valence-electron chi connectivity index (χ1n) is 8.88. The van der Waals surface area contributed by atoms with Crippen molar-refractivity contribution >= 4 is 27.5 Å². The standard InChI is InChI=1S/C19H20N4O4S/c1-28(26,27)21-12-16(24)23-10-8-19(17(23)13-5-4-9-20-11-13)14-6-2-3-7-15(14)22-18(19)25/h2-7,9,11,17,21H,8,10,12H2,1H3,(H,22,25). The summed E-state index contributed by atoms with van der Waals surface area (Å²) in [5.74, 6) is -0.540. The topological polar surface area (TPSA) is 108 Å². The summed E-state index contributed by atoms with van der Waals surface area (Å²) >= 11 is 0. The largest absolute Gasteiger partial charge is 0.333 e. The van der Waals surface area contributed by atoms with Crippen LogP contribution in [0.15, 0.2) is 48.8 Å². The van der Waals surface area contributed by atoms with Gasteiger partial charge in [-0.1, -0.05) is 24.3 Å². The van der Waals surface area contributed by atoms with Gasteiger partial charge in [0, 0.05) is 24.6 Å². The van der Waals surface area contributed by atoms with Gasteiger partial charge < -0.3 is 10.2 Å². The molecule has 0 bridgehead atoms. The van der Waals surface area contributed by atoms with Crippen molar-refractivity contribution in [2.24, 2.45) is 0 Å². The number of hydrogen-bond acceptors (Lipinski definition) is 5. The Hall–Kier alpha value is -2.78. The summed E-state index contributed by atoms with van der Waals surface area (Å²) in [5.41, 5.74) is 1.39. The van der Waals surface area contributed by atoms with Gasteiger partial charge in [0.2, 0.25) is 21.8 Å². The van der Waals surface area contributed by atoms with Crippen LogP contribution in [0.4, 0.5) is 5.69 Å². The first-order valence-corrected chi connectivity index (χ1v) is 10.8. The van der Waals surface area contributed by atoms with E-state index in [1.165, 1.54) is 0 Å². The third kappa shape index (κ3) is 2.96. The minimum atomic E-state index is -3.51. The number of carbonyl (C=O) groups is 2. The first-order chi connectivity index (χ1) is 13.3. The van der Waals surface area contributed by atoms with Gasteiger partial charge in [-0.15, -0.1) is 0 Å². The number of rotatable bonds is 4. The van der Waals surface area contributed by atoms with Gasteiger partial charge in [0.05, 0.1) is 18.8 Å². The zero-order valence-corrected chi connectivity index (χ0v) is 16.1. The number of likely N-dealkylation sites (tertiary alicyclic amines) is 1. The SMILES string of the molecule is CS(=O)(=O)NCC(=O)N1CCC2(C(=O)Nc3ccccc32)C1c1cccnc1. The molecule has 8 nitrogen and oxygen atoms in total. The molecule has 2 aromatic rings. The highest BCUT2D eigenvalue weighted by Gasteiger charge is 2.59. The maximum atomic E-state index is 13.1. The van der Waals surface area contributed by atoms with Gasteiger partial charge in [-0.3, -0.25) is 14.6 Å². The molecule has 0 saturated carbocycles. The molecule has 4 rings (SSSR count). The van der Waals surface area contributed by atoms with E-state index in [0.717, 1.165) is 23.1 Å². The molecule has 28 heavy (non-hydrogen) atoms. The second kappa shape index (κ2) is 6.68. The van der Waals surface area contributed by atoms with Crippen LogP contribution in [0.25, 0.3) is 0 Å². The van der Waals surface area contributed by atoms with E-state index in [4.69, 9.17) is 0 Å². The Morgan fingerprint density at radius 2 is 2.11 bits per heavy atom. The Labute approximate surface area is 163 Å². The molecule has 0 aliphatic carbocycles. The van der Waals surface area contributed by atoms with Crippen LogP contribution >= 0.6 is 0 Å². The first kappa shape index (κ1) is 18.6. The predicted molar refractivity (Wildman–Crippen MR) is 103 cm³/mol. The molecular formula is C19H20N4O4S. The fraction of sp³-hybridized carbons (Fsp3) is 0.316. The van der Waals surface area contributed by atoms with Gasteiger partial charge in [-0.2, -0.15) is 0 Å². The highest BCUT2D eigenvalue weighted by Crippen LogP contribution is 2.54. The summed E-state index contributed by atoms with van der Waals surface area (Å²) in [6.07, 6.45) is 4.73. The molecule has 2 atom stereocenters. The maximum Gasteiger partial charge on any atom is 0.238 e. The summed E-state index contributed by atoms with van der Waals surface area (Å²) in [4.78, 5) is 31.8. The Morgan fingerprint density at radius 1 is 1.32 bits per heavy atom. The van der Waals surface area contributed by atoms with Crippen molar-refractivity contribution in [1.29, 1.82) is 0 Å². The van der Waals surface area contributed by atoms with Crippen molar-refractivity contribution in [2.75, 3.05) is 24.7 Å². The van der Waals surface area contributed by atoms with Gasteiger partial charge in [0.15, 0.2) is 0 Å². The normalized spacial score (nSPS) is 23.7. The quantitative estimate of drug-likeness (QED) is 0.789. The third-order valence-electron chi connectivity index (χ3n) is 5.39. The molecular weight excluding hydrogens is 380 g/mol. The average Bonchev–Trinajstić information content (AvgIpc) is 3.20. The number of hydrogen-bond donors (Lipinski definition) is 2. The van der Waals surface area contributed by atoms with Crippen LogP contribution in [0, 0.1) is 0 Å². The minimum Gasteiger partial charge on any atom is -0.333 e. The van der Waals surface area contributed by atoms with E-state index < -0.39 is 21.5 Å². The van der Waals surface area contributed by atoms with Crippen LogP contribution in [0.5, 0.6) is 0 Å². The lowest BCUT2D eigenvalue weighted by Crippen LogP contribution is -2.45. The zero-order chi connectivity index (χ0) is 19.9. The number of carbonyl (C=O) groups excluding carboxylic acids is 2. The fourth-order valence-electron chi connectivity index (χ4n) is 4.25. The Balaban J connectivity index is 1.79.